The summed E-state index contributed by atoms with van der Waals surface area (Å²) in [4.78, 5) is 23.2. The molecular weight excluding hydrogens is 242 g/mol. The van der Waals surface area contributed by atoms with Gasteiger partial charge in [-0.05, 0) is 26.2 Å². The normalized spacial score (nSPS) is 16.4. The second kappa shape index (κ2) is 7.48. The standard InChI is InChI=1S/C14H27N3O2/c1-14(2,10-15)17-13(19)9-16-12(18)8-7-11-5-3-4-6-11/h11H,3-10,15H2,1-2H3,(H,16,18)(H,17,19). The molecule has 1 fully saturated rings. The van der Waals surface area contributed by atoms with Gasteiger partial charge in [-0.2, -0.15) is 0 Å². The minimum atomic E-state index is -0.425. The van der Waals surface area contributed by atoms with Gasteiger partial charge >= 0.3 is 0 Å². The van der Waals surface area contributed by atoms with Crippen LogP contribution < -0.4 is 16.4 Å². The molecule has 1 aliphatic carbocycles. The van der Waals surface area contributed by atoms with Gasteiger partial charge < -0.3 is 16.4 Å². The first-order chi connectivity index (χ1) is 8.93. The Morgan fingerprint density at radius 2 is 1.84 bits per heavy atom. The maximum atomic E-state index is 11.6. The number of hydrogen-bond donors (Lipinski definition) is 3. The predicted octanol–water partition coefficient (Wildman–Crippen LogP) is 0.926. The third-order valence-corrected chi connectivity index (χ3v) is 3.69. The SMILES string of the molecule is CC(C)(CN)NC(=O)CNC(=O)CCC1CCCC1. The van der Waals surface area contributed by atoms with E-state index in [-0.39, 0.29) is 18.4 Å². The van der Waals surface area contributed by atoms with E-state index in [1.165, 1.54) is 25.7 Å². The van der Waals surface area contributed by atoms with Crippen molar-refractivity contribution in [3.8, 4) is 0 Å². The molecule has 0 atom stereocenters. The molecule has 2 amide bonds. The molecule has 0 unspecified atom stereocenters. The van der Waals surface area contributed by atoms with E-state index < -0.39 is 5.54 Å². The maximum Gasteiger partial charge on any atom is 0.239 e. The van der Waals surface area contributed by atoms with Crippen molar-refractivity contribution in [1.82, 2.24) is 10.6 Å². The number of hydrogen-bond acceptors (Lipinski definition) is 3. The average Bonchev–Trinajstić information content (AvgIpc) is 2.86. The zero-order chi connectivity index (χ0) is 14.3. The molecule has 0 saturated heterocycles. The van der Waals surface area contributed by atoms with Crippen molar-refractivity contribution < 1.29 is 9.59 Å². The molecule has 1 rings (SSSR count). The summed E-state index contributed by atoms with van der Waals surface area (Å²) in [7, 11) is 0. The topological polar surface area (TPSA) is 84.2 Å². The van der Waals surface area contributed by atoms with Gasteiger partial charge in [0.1, 0.15) is 0 Å². The maximum absolute atomic E-state index is 11.6. The first-order valence-corrected chi connectivity index (χ1v) is 7.21. The van der Waals surface area contributed by atoms with Crippen molar-refractivity contribution >= 4 is 11.8 Å². The number of amides is 2. The first kappa shape index (κ1) is 16.0. The van der Waals surface area contributed by atoms with Crippen LogP contribution in [0.1, 0.15) is 52.4 Å². The summed E-state index contributed by atoms with van der Waals surface area (Å²) >= 11 is 0. The zero-order valence-electron chi connectivity index (χ0n) is 12.1. The van der Waals surface area contributed by atoms with Crippen LogP contribution in [-0.4, -0.2) is 30.4 Å². The average molecular weight is 269 g/mol. The lowest BCUT2D eigenvalue weighted by molar-refractivity contribution is -0.127. The van der Waals surface area contributed by atoms with Crippen LogP contribution in [0.2, 0.25) is 0 Å². The van der Waals surface area contributed by atoms with E-state index in [9.17, 15) is 9.59 Å². The lowest BCUT2D eigenvalue weighted by Gasteiger charge is -2.24. The summed E-state index contributed by atoms with van der Waals surface area (Å²) in [5.41, 5.74) is 5.10. The largest absolute Gasteiger partial charge is 0.348 e. The summed E-state index contributed by atoms with van der Waals surface area (Å²) in [6, 6.07) is 0. The number of carbonyl (C=O) groups is 2. The van der Waals surface area contributed by atoms with E-state index in [1.807, 2.05) is 13.8 Å². The Kier molecular flexibility index (Phi) is 6.28. The fourth-order valence-electron chi connectivity index (χ4n) is 2.37. The molecule has 5 nitrogen and oxygen atoms in total. The number of rotatable bonds is 7. The van der Waals surface area contributed by atoms with Gasteiger partial charge in [0.15, 0.2) is 0 Å². The van der Waals surface area contributed by atoms with Crippen molar-refractivity contribution in [2.75, 3.05) is 13.1 Å². The second-order valence-electron chi connectivity index (χ2n) is 6.10. The molecule has 0 aromatic rings. The number of nitrogens with one attached hydrogen (secondary N) is 2. The molecule has 1 saturated carbocycles. The van der Waals surface area contributed by atoms with Crippen LogP contribution in [0.4, 0.5) is 0 Å². The van der Waals surface area contributed by atoms with Crippen molar-refractivity contribution in [3.63, 3.8) is 0 Å². The van der Waals surface area contributed by atoms with E-state index >= 15 is 0 Å². The Labute approximate surface area is 115 Å². The van der Waals surface area contributed by atoms with Gasteiger partial charge in [0.2, 0.25) is 11.8 Å². The molecule has 0 bridgehead atoms. The molecule has 0 aliphatic heterocycles. The van der Waals surface area contributed by atoms with Crippen molar-refractivity contribution in [2.45, 2.75) is 57.9 Å². The van der Waals surface area contributed by atoms with E-state index in [4.69, 9.17) is 5.73 Å². The summed E-state index contributed by atoms with van der Waals surface area (Å²) in [5.74, 6) is 0.480. The minimum absolute atomic E-state index is 0.0346. The Morgan fingerprint density at radius 3 is 2.42 bits per heavy atom. The van der Waals surface area contributed by atoms with Crippen LogP contribution in [0.3, 0.4) is 0 Å². The highest BCUT2D eigenvalue weighted by Gasteiger charge is 2.19. The quantitative estimate of drug-likeness (QED) is 0.643. The number of nitrogens with two attached hydrogens (primary N) is 1. The molecule has 0 heterocycles. The molecule has 1 aliphatic rings. The van der Waals surface area contributed by atoms with E-state index in [0.29, 0.717) is 18.9 Å². The van der Waals surface area contributed by atoms with E-state index in [0.717, 1.165) is 6.42 Å². The smallest absolute Gasteiger partial charge is 0.239 e. The number of carbonyl (C=O) groups excluding carboxylic acids is 2. The lowest BCUT2D eigenvalue weighted by atomic mass is 10.0. The summed E-state index contributed by atoms with van der Waals surface area (Å²) in [5, 5.41) is 5.44. The van der Waals surface area contributed by atoms with Gasteiger partial charge in [0.05, 0.1) is 6.54 Å². The Balaban J connectivity index is 2.13. The van der Waals surface area contributed by atoms with Crippen LogP contribution in [0.25, 0.3) is 0 Å². The summed E-state index contributed by atoms with van der Waals surface area (Å²) in [6.45, 7) is 4.11. The highest BCUT2D eigenvalue weighted by atomic mass is 16.2. The van der Waals surface area contributed by atoms with Gasteiger partial charge in [0, 0.05) is 18.5 Å². The molecule has 110 valence electrons. The van der Waals surface area contributed by atoms with Crippen LogP contribution in [-0.2, 0) is 9.59 Å². The third kappa shape index (κ3) is 6.57. The Bertz CT molecular complexity index is 310. The highest BCUT2D eigenvalue weighted by molar-refractivity contribution is 5.85. The predicted molar refractivity (Wildman–Crippen MR) is 75.5 cm³/mol. The van der Waals surface area contributed by atoms with Crippen LogP contribution in [0, 0.1) is 5.92 Å². The van der Waals surface area contributed by atoms with E-state index in [1.54, 1.807) is 0 Å². The van der Waals surface area contributed by atoms with Gasteiger partial charge in [-0.15, -0.1) is 0 Å². The van der Waals surface area contributed by atoms with Gasteiger partial charge in [-0.25, -0.2) is 0 Å². The zero-order valence-corrected chi connectivity index (χ0v) is 12.1. The van der Waals surface area contributed by atoms with Gasteiger partial charge in [-0.1, -0.05) is 25.7 Å². The van der Waals surface area contributed by atoms with E-state index in [2.05, 4.69) is 10.6 Å². The van der Waals surface area contributed by atoms with Crippen molar-refractivity contribution in [3.05, 3.63) is 0 Å². The molecule has 0 radical (unpaired) electrons. The van der Waals surface area contributed by atoms with Crippen LogP contribution in [0.5, 0.6) is 0 Å². The van der Waals surface area contributed by atoms with Crippen LogP contribution in [0.15, 0.2) is 0 Å². The monoisotopic (exact) mass is 269 g/mol. The van der Waals surface area contributed by atoms with Gasteiger partial charge in [-0.3, -0.25) is 9.59 Å². The molecule has 19 heavy (non-hydrogen) atoms. The first-order valence-electron chi connectivity index (χ1n) is 7.21. The fraction of sp³-hybridized carbons (Fsp3) is 0.857. The van der Waals surface area contributed by atoms with Gasteiger partial charge in [0.25, 0.3) is 0 Å². The highest BCUT2D eigenvalue weighted by Crippen LogP contribution is 2.28. The second-order valence-corrected chi connectivity index (χ2v) is 6.10. The molecule has 0 aromatic heterocycles. The Hall–Kier alpha value is -1.10. The minimum Gasteiger partial charge on any atom is -0.348 e. The van der Waals surface area contributed by atoms with Crippen molar-refractivity contribution in [2.24, 2.45) is 11.7 Å². The molecule has 0 aromatic carbocycles. The molecule has 5 heteroatoms. The third-order valence-electron chi connectivity index (χ3n) is 3.69. The lowest BCUT2D eigenvalue weighted by Crippen LogP contribution is -2.51. The molecular formula is C14H27N3O2. The summed E-state index contributed by atoms with van der Waals surface area (Å²) in [6.07, 6.45) is 6.56. The fourth-order valence-corrected chi connectivity index (χ4v) is 2.37. The summed E-state index contributed by atoms with van der Waals surface area (Å²) < 4.78 is 0. The van der Waals surface area contributed by atoms with Crippen molar-refractivity contribution in [1.29, 1.82) is 0 Å². The molecule has 4 N–H and O–H groups in total. The molecule has 0 spiro atoms. The van der Waals surface area contributed by atoms with Crippen LogP contribution >= 0.6 is 0 Å². The Morgan fingerprint density at radius 1 is 1.21 bits per heavy atom.